The van der Waals surface area contributed by atoms with E-state index < -0.39 is 11.7 Å². The van der Waals surface area contributed by atoms with Gasteiger partial charge in [0, 0.05) is 72.8 Å². The molecule has 0 spiro atoms. The summed E-state index contributed by atoms with van der Waals surface area (Å²) in [6.45, 7) is 12.1. The summed E-state index contributed by atoms with van der Waals surface area (Å²) in [5.74, 6) is -0.519. The van der Waals surface area contributed by atoms with E-state index in [0.717, 1.165) is 56.6 Å². The Morgan fingerprint density at radius 3 is 2.50 bits per heavy atom. The number of hydrogen-bond acceptors (Lipinski definition) is 6. The predicted octanol–water partition coefficient (Wildman–Crippen LogP) is 5.29. The summed E-state index contributed by atoms with van der Waals surface area (Å²) in [5, 5.41) is 2.89. The Morgan fingerprint density at radius 1 is 1.09 bits per heavy atom. The van der Waals surface area contributed by atoms with Crippen LogP contribution >= 0.6 is 0 Å². The van der Waals surface area contributed by atoms with E-state index in [0.29, 0.717) is 65.6 Å². The van der Waals surface area contributed by atoms with E-state index in [2.05, 4.69) is 15.2 Å². The van der Waals surface area contributed by atoms with Gasteiger partial charge < -0.3 is 24.7 Å². The van der Waals surface area contributed by atoms with Crippen LogP contribution in [0.5, 0.6) is 5.75 Å². The van der Waals surface area contributed by atoms with Gasteiger partial charge in [0.15, 0.2) is 0 Å². The van der Waals surface area contributed by atoms with Gasteiger partial charge in [0.1, 0.15) is 18.2 Å². The highest BCUT2D eigenvalue weighted by atomic mass is 19.1. The molecule has 2 aliphatic rings. The van der Waals surface area contributed by atoms with E-state index >= 15 is 4.39 Å². The fourth-order valence-electron chi connectivity index (χ4n) is 6.51. The first-order valence-electron chi connectivity index (χ1n) is 16.3. The average Bonchev–Trinajstić information content (AvgIpc) is 3.58. The lowest BCUT2D eigenvalue weighted by molar-refractivity contribution is -0.122. The maximum Gasteiger partial charge on any atom is 0.253 e. The molecule has 0 atom stereocenters. The number of anilines is 1. The molecule has 2 aromatic carbocycles. The normalized spacial score (nSPS) is 15.6. The molecule has 246 valence electrons. The number of nitrogens with one attached hydrogen (secondary N) is 2. The van der Waals surface area contributed by atoms with Crippen LogP contribution in [0.3, 0.4) is 0 Å². The Kier molecular flexibility index (Phi) is 10.9. The van der Waals surface area contributed by atoms with Crippen molar-refractivity contribution in [3.8, 4) is 16.9 Å². The van der Waals surface area contributed by atoms with Gasteiger partial charge in [-0.2, -0.15) is 0 Å². The van der Waals surface area contributed by atoms with Gasteiger partial charge in [-0.25, -0.2) is 4.39 Å². The number of carbonyl (C=O) groups is 2. The largest absolute Gasteiger partial charge is 0.492 e. The number of ether oxygens (including phenoxy) is 2. The van der Waals surface area contributed by atoms with Crippen LogP contribution in [0.25, 0.3) is 11.1 Å². The van der Waals surface area contributed by atoms with Crippen LogP contribution in [-0.4, -0.2) is 67.7 Å². The number of morpholine rings is 1. The number of H-pyrrole nitrogens is 1. The second-order valence-corrected chi connectivity index (χ2v) is 12.3. The molecule has 46 heavy (non-hydrogen) atoms. The Morgan fingerprint density at radius 2 is 1.83 bits per heavy atom. The van der Waals surface area contributed by atoms with Crippen molar-refractivity contribution in [2.75, 3.05) is 50.9 Å². The highest BCUT2D eigenvalue weighted by molar-refractivity contribution is 6.02. The van der Waals surface area contributed by atoms with Crippen molar-refractivity contribution in [3.05, 3.63) is 80.5 Å². The highest BCUT2D eigenvalue weighted by Gasteiger charge is 2.29. The molecule has 1 aliphatic carbocycles. The van der Waals surface area contributed by atoms with Gasteiger partial charge in [0.05, 0.1) is 13.2 Å². The Balaban J connectivity index is 1.45. The standard InChI is InChI=1S/C36H45FN4O5/c1-5-41(36(44)26-8-6-7-9-26)33-20-27(29-11-10-28(21-32(29)37)46-17-14-40-12-15-45-16-13-40)19-30(25(33)4)34(42)38-22-31-23(2)18-24(3)39-35(31)43/h10-11,18-21,26H,5-9,12-17,22H2,1-4H3,(H,38,42)(H,39,43). The summed E-state index contributed by atoms with van der Waals surface area (Å²) in [5.41, 5.74) is 4.03. The molecule has 2 amide bonds. The molecule has 1 saturated heterocycles. The topological polar surface area (TPSA) is 104 Å². The number of aryl methyl sites for hydroxylation is 2. The number of halogens is 1. The number of aromatic amines is 1. The number of nitrogens with zero attached hydrogens (tertiary/aromatic N) is 2. The Bertz CT molecular complexity index is 1630. The molecule has 0 bridgehead atoms. The van der Waals surface area contributed by atoms with Crippen molar-refractivity contribution in [3.63, 3.8) is 0 Å². The molecule has 1 aliphatic heterocycles. The monoisotopic (exact) mass is 632 g/mol. The molecule has 9 nitrogen and oxygen atoms in total. The molecule has 3 aromatic rings. The number of carbonyl (C=O) groups excluding carboxylic acids is 2. The molecular weight excluding hydrogens is 587 g/mol. The first kappa shape index (κ1) is 33.3. The Hall–Kier alpha value is -4.02. The van der Waals surface area contributed by atoms with E-state index in [4.69, 9.17) is 9.47 Å². The molecule has 10 heteroatoms. The SMILES string of the molecule is CCN(C(=O)C1CCCC1)c1cc(-c2ccc(OCCN3CCOCC3)cc2F)cc(C(=O)NCc2c(C)cc(C)[nH]c2=O)c1C. The van der Waals surface area contributed by atoms with Gasteiger partial charge in [0.2, 0.25) is 5.91 Å². The third kappa shape index (κ3) is 7.67. The molecule has 0 radical (unpaired) electrons. The zero-order valence-electron chi connectivity index (χ0n) is 27.3. The van der Waals surface area contributed by atoms with Gasteiger partial charge in [-0.3, -0.25) is 19.3 Å². The number of amides is 2. The minimum absolute atomic E-state index is 0.0258. The summed E-state index contributed by atoms with van der Waals surface area (Å²) in [7, 11) is 0. The average molecular weight is 633 g/mol. The zero-order chi connectivity index (χ0) is 32.8. The smallest absolute Gasteiger partial charge is 0.253 e. The van der Waals surface area contributed by atoms with Crippen molar-refractivity contribution in [2.24, 2.45) is 5.92 Å². The summed E-state index contributed by atoms with van der Waals surface area (Å²) in [6.07, 6.45) is 3.72. The third-order valence-electron chi connectivity index (χ3n) is 9.15. The van der Waals surface area contributed by atoms with E-state index in [-0.39, 0.29) is 23.9 Å². The van der Waals surface area contributed by atoms with Gasteiger partial charge in [-0.1, -0.05) is 12.8 Å². The predicted molar refractivity (Wildman–Crippen MR) is 177 cm³/mol. The van der Waals surface area contributed by atoms with Crippen LogP contribution in [-0.2, 0) is 16.1 Å². The lowest BCUT2D eigenvalue weighted by Crippen LogP contribution is -2.38. The number of pyridine rings is 1. The molecule has 2 N–H and O–H groups in total. The highest BCUT2D eigenvalue weighted by Crippen LogP contribution is 2.36. The van der Waals surface area contributed by atoms with Crippen LogP contribution in [0.15, 0.2) is 41.2 Å². The molecule has 5 rings (SSSR count). The van der Waals surface area contributed by atoms with Gasteiger partial charge >= 0.3 is 0 Å². The Labute approximate surface area is 270 Å². The molecular formula is C36H45FN4O5. The maximum atomic E-state index is 15.7. The maximum absolute atomic E-state index is 15.7. The lowest BCUT2D eigenvalue weighted by Gasteiger charge is -2.28. The van der Waals surface area contributed by atoms with Crippen LogP contribution < -0.4 is 20.5 Å². The summed E-state index contributed by atoms with van der Waals surface area (Å²) < 4.78 is 27.0. The van der Waals surface area contributed by atoms with E-state index in [9.17, 15) is 14.4 Å². The van der Waals surface area contributed by atoms with Crippen molar-refractivity contribution in [1.29, 1.82) is 0 Å². The van der Waals surface area contributed by atoms with E-state index in [1.54, 1.807) is 29.2 Å². The lowest BCUT2D eigenvalue weighted by atomic mass is 9.95. The fraction of sp³-hybridized carbons (Fsp3) is 0.472. The number of hydrogen-bond donors (Lipinski definition) is 2. The first-order valence-corrected chi connectivity index (χ1v) is 16.3. The summed E-state index contributed by atoms with van der Waals surface area (Å²) in [4.78, 5) is 46.8. The van der Waals surface area contributed by atoms with Crippen LogP contribution in [0.1, 0.15) is 65.3 Å². The summed E-state index contributed by atoms with van der Waals surface area (Å²) >= 11 is 0. The number of aromatic nitrogens is 1. The minimum atomic E-state index is -0.489. The van der Waals surface area contributed by atoms with Crippen molar-refractivity contribution >= 4 is 17.5 Å². The minimum Gasteiger partial charge on any atom is -0.492 e. The van der Waals surface area contributed by atoms with E-state index in [1.165, 1.54) is 6.07 Å². The summed E-state index contributed by atoms with van der Waals surface area (Å²) in [6, 6.07) is 10.1. The zero-order valence-corrected chi connectivity index (χ0v) is 27.3. The van der Waals surface area contributed by atoms with Gasteiger partial charge in [-0.15, -0.1) is 0 Å². The van der Waals surface area contributed by atoms with Crippen LogP contribution in [0, 0.1) is 32.5 Å². The first-order chi connectivity index (χ1) is 22.2. The van der Waals surface area contributed by atoms with Crippen molar-refractivity contribution in [1.82, 2.24) is 15.2 Å². The second-order valence-electron chi connectivity index (χ2n) is 12.3. The van der Waals surface area contributed by atoms with E-state index in [1.807, 2.05) is 33.8 Å². The fourth-order valence-corrected chi connectivity index (χ4v) is 6.51. The molecule has 1 aromatic heterocycles. The number of rotatable bonds is 11. The molecule has 2 heterocycles. The quantitative estimate of drug-likeness (QED) is 0.298. The van der Waals surface area contributed by atoms with Gasteiger partial charge in [-0.05, 0) is 87.6 Å². The van der Waals surface area contributed by atoms with Crippen molar-refractivity contribution in [2.45, 2.75) is 59.9 Å². The van der Waals surface area contributed by atoms with Gasteiger partial charge in [0.25, 0.3) is 11.5 Å². The third-order valence-corrected chi connectivity index (χ3v) is 9.15. The van der Waals surface area contributed by atoms with Crippen LogP contribution in [0.4, 0.5) is 10.1 Å². The molecule has 0 unspecified atom stereocenters. The molecule has 2 fully saturated rings. The molecule has 1 saturated carbocycles. The second kappa shape index (κ2) is 15.0. The van der Waals surface area contributed by atoms with Crippen LogP contribution in [0.2, 0.25) is 0 Å². The number of benzene rings is 2. The van der Waals surface area contributed by atoms with Crippen molar-refractivity contribution < 1.29 is 23.5 Å².